The second-order valence-electron chi connectivity index (χ2n) is 4.47. The largest absolute Gasteiger partial charge is 0.381 e. The van der Waals surface area contributed by atoms with Gasteiger partial charge in [0.05, 0.1) is 19.2 Å². The number of halogens is 2. The minimum absolute atomic E-state index is 0.325. The minimum Gasteiger partial charge on any atom is -0.381 e. The van der Waals surface area contributed by atoms with E-state index in [4.69, 9.17) is 4.74 Å². The van der Waals surface area contributed by atoms with Gasteiger partial charge in [-0.15, -0.1) is 0 Å². The van der Waals surface area contributed by atoms with Gasteiger partial charge in [0.1, 0.15) is 0 Å². The lowest BCUT2D eigenvalue weighted by atomic mass is 10.1. The Morgan fingerprint density at radius 3 is 2.94 bits per heavy atom. The Morgan fingerprint density at radius 1 is 1.56 bits per heavy atom. The van der Waals surface area contributed by atoms with Crippen molar-refractivity contribution in [2.45, 2.75) is 24.8 Å². The van der Waals surface area contributed by atoms with Crippen molar-refractivity contribution in [1.82, 2.24) is 10.6 Å². The Balaban J connectivity index is 1.71. The van der Waals surface area contributed by atoms with Gasteiger partial charge in [0.2, 0.25) is 5.91 Å². The fourth-order valence-corrected chi connectivity index (χ4v) is 2.01. The van der Waals surface area contributed by atoms with E-state index in [-0.39, 0.29) is 5.91 Å². The van der Waals surface area contributed by atoms with E-state index in [2.05, 4.69) is 10.6 Å². The van der Waals surface area contributed by atoms with Gasteiger partial charge in [0.15, 0.2) is 0 Å². The lowest BCUT2D eigenvalue weighted by molar-refractivity contribution is -0.123. The van der Waals surface area contributed by atoms with E-state index in [1.807, 2.05) is 0 Å². The van der Waals surface area contributed by atoms with E-state index >= 15 is 0 Å². The lowest BCUT2D eigenvalue weighted by Gasteiger charge is -2.13. The van der Waals surface area contributed by atoms with Crippen LogP contribution in [0.5, 0.6) is 0 Å². The first-order valence-electron chi connectivity index (χ1n) is 5.53. The van der Waals surface area contributed by atoms with Crippen LogP contribution in [0.15, 0.2) is 0 Å². The van der Waals surface area contributed by atoms with Crippen LogP contribution in [0.4, 0.5) is 8.78 Å². The molecule has 6 heteroatoms. The van der Waals surface area contributed by atoms with E-state index < -0.39 is 24.9 Å². The van der Waals surface area contributed by atoms with E-state index in [1.165, 1.54) is 0 Å². The minimum atomic E-state index is -2.75. The van der Waals surface area contributed by atoms with Crippen molar-refractivity contribution >= 4 is 5.91 Å². The van der Waals surface area contributed by atoms with Crippen molar-refractivity contribution in [3.63, 3.8) is 0 Å². The fourth-order valence-electron chi connectivity index (χ4n) is 2.01. The third kappa shape index (κ3) is 2.89. The molecule has 2 fully saturated rings. The SMILES string of the molecule is O=C(NCC1CCOC1)C1CC(F)(F)CN1. The van der Waals surface area contributed by atoms with Crippen LogP contribution < -0.4 is 10.6 Å². The summed E-state index contributed by atoms with van der Waals surface area (Å²) in [5.41, 5.74) is 0. The third-order valence-electron chi connectivity index (χ3n) is 3.02. The lowest BCUT2D eigenvalue weighted by Crippen LogP contribution is -2.42. The number of nitrogens with one attached hydrogen (secondary N) is 2. The van der Waals surface area contributed by atoms with Crippen LogP contribution in [-0.4, -0.2) is 44.2 Å². The van der Waals surface area contributed by atoms with Crippen LogP contribution >= 0.6 is 0 Å². The molecule has 2 N–H and O–H groups in total. The molecular formula is C10H16F2N2O2. The van der Waals surface area contributed by atoms with Crippen molar-refractivity contribution < 1.29 is 18.3 Å². The van der Waals surface area contributed by atoms with Crippen LogP contribution in [0, 0.1) is 5.92 Å². The number of rotatable bonds is 3. The molecule has 2 rings (SSSR count). The maximum Gasteiger partial charge on any atom is 0.262 e. The molecule has 2 unspecified atom stereocenters. The normalized spacial score (nSPS) is 32.9. The summed E-state index contributed by atoms with van der Waals surface area (Å²) in [6, 6.07) is -0.752. The predicted octanol–water partition coefficient (Wildman–Crippen LogP) is 0.136. The number of amides is 1. The van der Waals surface area contributed by atoms with Crippen molar-refractivity contribution in [2.24, 2.45) is 5.92 Å². The summed E-state index contributed by atoms with van der Waals surface area (Å²) in [7, 11) is 0. The highest BCUT2D eigenvalue weighted by Gasteiger charge is 2.42. The average molecular weight is 234 g/mol. The second-order valence-corrected chi connectivity index (χ2v) is 4.47. The molecule has 2 heterocycles. The van der Waals surface area contributed by atoms with Crippen molar-refractivity contribution in [3.8, 4) is 0 Å². The maximum atomic E-state index is 12.8. The van der Waals surface area contributed by atoms with Gasteiger partial charge in [0.25, 0.3) is 5.92 Å². The highest BCUT2D eigenvalue weighted by molar-refractivity contribution is 5.82. The standard InChI is InChI=1S/C10H16F2N2O2/c11-10(12)3-8(14-6-10)9(15)13-4-7-1-2-16-5-7/h7-8,14H,1-6H2,(H,13,15). The molecule has 0 radical (unpaired) electrons. The Labute approximate surface area is 92.7 Å². The van der Waals surface area contributed by atoms with Crippen molar-refractivity contribution in [1.29, 1.82) is 0 Å². The van der Waals surface area contributed by atoms with Crippen molar-refractivity contribution in [2.75, 3.05) is 26.3 Å². The van der Waals surface area contributed by atoms with Crippen LogP contribution in [0.3, 0.4) is 0 Å². The number of hydrogen-bond donors (Lipinski definition) is 2. The Hall–Kier alpha value is -0.750. The van der Waals surface area contributed by atoms with E-state index in [0.29, 0.717) is 19.1 Å². The molecular weight excluding hydrogens is 218 g/mol. The summed E-state index contributed by atoms with van der Waals surface area (Å²) in [5.74, 6) is -2.76. The molecule has 2 atom stereocenters. The van der Waals surface area contributed by atoms with E-state index in [0.717, 1.165) is 13.0 Å². The molecule has 1 amide bonds. The van der Waals surface area contributed by atoms with Gasteiger partial charge in [-0.2, -0.15) is 0 Å². The van der Waals surface area contributed by atoms with Gasteiger partial charge in [0, 0.05) is 25.5 Å². The fraction of sp³-hybridized carbons (Fsp3) is 0.900. The summed E-state index contributed by atoms with van der Waals surface area (Å²) in [6.07, 6.45) is 0.522. The van der Waals surface area contributed by atoms with Gasteiger partial charge in [-0.25, -0.2) is 8.78 Å². The van der Waals surface area contributed by atoms with Gasteiger partial charge < -0.3 is 10.1 Å². The highest BCUT2D eigenvalue weighted by atomic mass is 19.3. The molecule has 4 nitrogen and oxygen atoms in total. The highest BCUT2D eigenvalue weighted by Crippen LogP contribution is 2.25. The van der Waals surface area contributed by atoms with Gasteiger partial charge in [-0.05, 0) is 6.42 Å². The summed E-state index contributed by atoms with van der Waals surface area (Å²) in [5, 5.41) is 5.22. The number of alkyl halides is 2. The summed E-state index contributed by atoms with van der Waals surface area (Å²) in [6.45, 7) is 1.48. The predicted molar refractivity (Wildman–Crippen MR) is 53.3 cm³/mol. The number of ether oxygens (including phenoxy) is 1. The van der Waals surface area contributed by atoms with Crippen LogP contribution in [0.25, 0.3) is 0 Å². The molecule has 16 heavy (non-hydrogen) atoms. The zero-order valence-electron chi connectivity index (χ0n) is 8.97. The number of carbonyl (C=O) groups is 1. The average Bonchev–Trinajstić information content (AvgIpc) is 2.83. The molecule has 0 aromatic heterocycles. The molecule has 2 aliphatic rings. The Bertz CT molecular complexity index is 268. The number of carbonyl (C=O) groups excluding carboxylic acids is 1. The summed E-state index contributed by atoms with van der Waals surface area (Å²) >= 11 is 0. The van der Waals surface area contributed by atoms with E-state index in [1.54, 1.807) is 0 Å². The first-order chi connectivity index (χ1) is 7.57. The summed E-state index contributed by atoms with van der Waals surface area (Å²) in [4.78, 5) is 11.5. The molecule has 0 spiro atoms. The summed E-state index contributed by atoms with van der Waals surface area (Å²) < 4.78 is 30.8. The van der Waals surface area contributed by atoms with Gasteiger partial charge in [-0.3, -0.25) is 10.1 Å². The molecule has 0 aliphatic carbocycles. The molecule has 0 aromatic rings. The molecule has 0 saturated carbocycles. The first kappa shape index (κ1) is 11.7. The molecule has 92 valence electrons. The second kappa shape index (κ2) is 4.63. The van der Waals surface area contributed by atoms with Crippen LogP contribution in [0.2, 0.25) is 0 Å². The zero-order valence-corrected chi connectivity index (χ0v) is 8.97. The molecule has 0 bridgehead atoms. The Kier molecular flexibility index (Phi) is 3.39. The molecule has 0 aromatic carbocycles. The van der Waals surface area contributed by atoms with Gasteiger partial charge in [-0.1, -0.05) is 0 Å². The third-order valence-corrected chi connectivity index (χ3v) is 3.02. The van der Waals surface area contributed by atoms with E-state index in [9.17, 15) is 13.6 Å². The maximum absolute atomic E-state index is 12.8. The quantitative estimate of drug-likeness (QED) is 0.730. The Morgan fingerprint density at radius 2 is 2.38 bits per heavy atom. The molecule has 2 saturated heterocycles. The topological polar surface area (TPSA) is 50.4 Å². The van der Waals surface area contributed by atoms with Crippen LogP contribution in [-0.2, 0) is 9.53 Å². The van der Waals surface area contributed by atoms with Crippen LogP contribution in [0.1, 0.15) is 12.8 Å². The monoisotopic (exact) mass is 234 g/mol. The first-order valence-corrected chi connectivity index (χ1v) is 5.53. The number of hydrogen-bond acceptors (Lipinski definition) is 3. The zero-order chi connectivity index (χ0) is 11.6. The molecule has 2 aliphatic heterocycles. The van der Waals surface area contributed by atoms with Crippen molar-refractivity contribution in [3.05, 3.63) is 0 Å². The smallest absolute Gasteiger partial charge is 0.262 e. The van der Waals surface area contributed by atoms with Gasteiger partial charge >= 0.3 is 0 Å².